The lowest BCUT2D eigenvalue weighted by atomic mass is 10.3. The number of hydrogen-bond donors (Lipinski definition) is 2. The fraction of sp³-hybridized carbons (Fsp3) is 0.500. The highest BCUT2D eigenvalue weighted by molar-refractivity contribution is 7.98. The van der Waals surface area contributed by atoms with E-state index < -0.39 is 10.0 Å². The number of sulfonamides is 1. The normalized spacial score (nSPS) is 11.4. The zero-order valence-corrected chi connectivity index (χ0v) is 12.4. The van der Waals surface area contributed by atoms with Gasteiger partial charge < -0.3 is 5.32 Å². The van der Waals surface area contributed by atoms with Gasteiger partial charge in [0, 0.05) is 10.6 Å². The van der Waals surface area contributed by atoms with Gasteiger partial charge in [0.15, 0.2) is 0 Å². The van der Waals surface area contributed by atoms with E-state index in [0.29, 0.717) is 12.1 Å². The summed E-state index contributed by atoms with van der Waals surface area (Å²) in [5, 5.41) is 3.11. The molecule has 0 amide bonds. The van der Waals surface area contributed by atoms with Crippen molar-refractivity contribution in [1.82, 2.24) is 5.32 Å². The fourth-order valence-electron chi connectivity index (χ4n) is 1.48. The molecular formula is C12H20N2O2S2. The molecule has 0 bridgehead atoms. The lowest BCUT2D eigenvalue weighted by Crippen LogP contribution is -2.21. The van der Waals surface area contributed by atoms with E-state index in [-0.39, 0.29) is 5.75 Å². The van der Waals surface area contributed by atoms with Crippen LogP contribution in [0, 0.1) is 0 Å². The van der Waals surface area contributed by atoms with E-state index in [9.17, 15) is 8.42 Å². The minimum Gasteiger partial charge on any atom is -0.317 e. The molecule has 0 aromatic heterocycles. The largest absolute Gasteiger partial charge is 0.317 e. The molecule has 0 atom stereocenters. The van der Waals surface area contributed by atoms with Gasteiger partial charge in [-0.2, -0.15) is 0 Å². The molecule has 102 valence electrons. The van der Waals surface area contributed by atoms with E-state index in [2.05, 4.69) is 10.0 Å². The van der Waals surface area contributed by atoms with Crippen LogP contribution in [0.2, 0.25) is 0 Å². The zero-order chi connectivity index (χ0) is 13.4. The standard InChI is InChI=1S/C12H20N2O2S2/c1-3-13-8-5-9-18(15,16)14-11-6-4-7-12(10-11)17-2/h4,6-7,10,13-14H,3,5,8-9H2,1-2H3. The van der Waals surface area contributed by atoms with Crippen molar-refractivity contribution in [3.05, 3.63) is 24.3 Å². The molecule has 18 heavy (non-hydrogen) atoms. The van der Waals surface area contributed by atoms with E-state index in [1.165, 1.54) is 0 Å². The Morgan fingerprint density at radius 2 is 2.11 bits per heavy atom. The smallest absolute Gasteiger partial charge is 0.232 e. The Morgan fingerprint density at radius 1 is 1.33 bits per heavy atom. The van der Waals surface area contributed by atoms with Crippen LogP contribution in [0.25, 0.3) is 0 Å². The predicted octanol–water partition coefficient (Wildman–Crippen LogP) is 2.15. The van der Waals surface area contributed by atoms with Crippen LogP contribution in [0.5, 0.6) is 0 Å². The average Bonchev–Trinajstić information content (AvgIpc) is 2.34. The summed E-state index contributed by atoms with van der Waals surface area (Å²) >= 11 is 1.59. The van der Waals surface area contributed by atoms with Crippen molar-refractivity contribution in [2.75, 3.05) is 29.8 Å². The van der Waals surface area contributed by atoms with E-state index in [0.717, 1.165) is 18.0 Å². The molecule has 0 aliphatic rings. The van der Waals surface area contributed by atoms with Gasteiger partial charge in [-0.05, 0) is 44.0 Å². The Labute approximate surface area is 114 Å². The number of hydrogen-bond acceptors (Lipinski definition) is 4. The third kappa shape index (κ3) is 5.75. The molecule has 6 heteroatoms. The first-order valence-electron chi connectivity index (χ1n) is 5.92. The van der Waals surface area contributed by atoms with Crippen LogP contribution in [0.15, 0.2) is 29.2 Å². The molecule has 0 heterocycles. The maximum atomic E-state index is 11.8. The van der Waals surface area contributed by atoms with Gasteiger partial charge in [-0.1, -0.05) is 13.0 Å². The maximum absolute atomic E-state index is 11.8. The minimum absolute atomic E-state index is 0.142. The van der Waals surface area contributed by atoms with Crippen LogP contribution >= 0.6 is 11.8 Å². The van der Waals surface area contributed by atoms with Crippen LogP contribution in [-0.2, 0) is 10.0 Å². The number of anilines is 1. The molecule has 0 fully saturated rings. The van der Waals surface area contributed by atoms with E-state index >= 15 is 0 Å². The van der Waals surface area contributed by atoms with Gasteiger partial charge in [0.2, 0.25) is 10.0 Å². The number of nitrogens with one attached hydrogen (secondary N) is 2. The third-order valence-corrected chi connectivity index (χ3v) is 4.46. The molecule has 0 radical (unpaired) electrons. The lowest BCUT2D eigenvalue weighted by Gasteiger charge is -2.09. The molecule has 1 rings (SSSR count). The molecular weight excluding hydrogens is 268 g/mol. The van der Waals surface area contributed by atoms with Crippen LogP contribution < -0.4 is 10.0 Å². The summed E-state index contributed by atoms with van der Waals surface area (Å²) < 4.78 is 26.2. The minimum atomic E-state index is -3.24. The SMILES string of the molecule is CCNCCCS(=O)(=O)Nc1cccc(SC)c1. The molecule has 0 unspecified atom stereocenters. The van der Waals surface area contributed by atoms with E-state index in [4.69, 9.17) is 0 Å². The Balaban J connectivity index is 2.53. The van der Waals surface area contributed by atoms with Gasteiger partial charge >= 0.3 is 0 Å². The van der Waals surface area contributed by atoms with Crippen LogP contribution in [0.3, 0.4) is 0 Å². The first-order valence-corrected chi connectivity index (χ1v) is 8.80. The number of benzene rings is 1. The molecule has 0 saturated heterocycles. The molecule has 4 nitrogen and oxygen atoms in total. The summed E-state index contributed by atoms with van der Waals surface area (Å²) in [5.74, 6) is 0.142. The molecule has 1 aromatic carbocycles. The van der Waals surface area contributed by atoms with Gasteiger partial charge in [-0.3, -0.25) is 4.72 Å². The Morgan fingerprint density at radius 3 is 2.78 bits per heavy atom. The molecule has 0 spiro atoms. The first-order chi connectivity index (χ1) is 8.57. The highest BCUT2D eigenvalue weighted by atomic mass is 32.2. The highest BCUT2D eigenvalue weighted by Gasteiger charge is 2.09. The van der Waals surface area contributed by atoms with Crippen molar-refractivity contribution in [3.8, 4) is 0 Å². The van der Waals surface area contributed by atoms with Gasteiger partial charge in [-0.25, -0.2) is 8.42 Å². The molecule has 0 aliphatic carbocycles. The average molecular weight is 288 g/mol. The summed E-state index contributed by atoms with van der Waals surface area (Å²) in [4.78, 5) is 1.04. The maximum Gasteiger partial charge on any atom is 0.232 e. The Bertz CT molecular complexity index is 461. The van der Waals surface area contributed by atoms with Gasteiger partial charge in [0.05, 0.1) is 5.75 Å². The van der Waals surface area contributed by atoms with Crippen molar-refractivity contribution >= 4 is 27.5 Å². The van der Waals surface area contributed by atoms with Crippen LogP contribution in [-0.4, -0.2) is 33.5 Å². The van der Waals surface area contributed by atoms with Crippen molar-refractivity contribution in [2.45, 2.75) is 18.2 Å². The Kier molecular flexibility index (Phi) is 6.52. The predicted molar refractivity (Wildman–Crippen MR) is 78.8 cm³/mol. The second-order valence-corrected chi connectivity index (χ2v) is 6.58. The third-order valence-electron chi connectivity index (χ3n) is 2.36. The Hall–Kier alpha value is -0.720. The van der Waals surface area contributed by atoms with Gasteiger partial charge in [0.1, 0.15) is 0 Å². The van der Waals surface area contributed by atoms with Crippen molar-refractivity contribution in [2.24, 2.45) is 0 Å². The summed E-state index contributed by atoms with van der Waals surface area (Å²) in [6, 6.07) is 7.41. The van der Waals surface area contributed by atoms with E-state index in [1.807, 2.05) is 31.4 Å². The molecule has 0 saturated carbocycles. The number of thioether (sulfide) groups is 1. The molecule has 0 aliphatic heterocycles. The second-order valence-electron chi connectivity index (χ2n) is 3.86. The quantitative estimate of drug-likeness (QED) is 0.568. The lowest BCUT2D eigenvalue weighted by molar-refractivity contribution is 0.595. The summed E-state index contributed by atoms with van der Waals surface area (Å²) in [5.41, 5.74) is 0.630. The zero-order valence-electron chi connectivity index (χ0n) is 10.8. The van der Waals surface area contributed by atoms with Gasteiger partial charge in [0.25, 0.3) is 0 Å². The fourth-order valence-corrected chi connectivity index (χ4v) is 3.05. The van der Waals surface area contributed by atoms with Crippen molar-refractivity contribution < 1.29 is 8.42 Å². The summed E-state index contributed by atoms with van der Waals surface area (Å²) in [6.45, 7) is 3.59. The number of rotatable bonds is 8. The van der Waals surface area contributed by atoms with Gasteiger partial charge in [-0.15, -0.1) is 11.8 Å². The summed E-state index contributed by atoms with van der Waals surface area (Å²) in [6.07, 6.45) is 2.58. The van der Waals surface area contributed by atoms with Crippen LogP contribution in [0.4, 0.5) is 5.69 Å². The van der Waals surface area contributed by atoms with E-state index in [1.54, 1.807) is 17.8 Å². The molecule has 1 aromatic rings. The topological polar surface area (TPSA) is 58.2 Å². The first kappa shape index (κ1) is 15.3. The highest BCUT2D eigenvalue weighted by Crippen LogP contribution is 2.19. The van der Waals surface area contributed by atoms with Crippen molar-refractivity contribution in [3.63, 3.8) is 0 Å². The molecule has 2 N–H and O–H groups in total. The second kappa shape index (κ2) is 7.66. The monoisotopic (exact) mass is 288 g/mol. The summed E-state index contributed by atoms with van der Waals surface area (Å²) in [7, 11) is -3.24. The van der Waals surface area contributed by atoms with Crippen molar-refractivity contribution in [1.29, 1.82) is 0 Å². The van der Waals surface area contributed by atoms with Crippen LogP contribution in [0.1, 0.15) is 13.3 Å².